The van der Waals surface area contributed by atoms with Crippen molar-refractivity contribution in [2.75, 3.05) is 36.4 Å². The highest BCUT2D eigenvalue weighted by atomic mass is 32.1. The van der Waals surface area contributed by atoms with Crippen molar-refractivity contribution in [3.05, 3.63) is 53.1 Å². The van der Waals surface area contributed by atoms with E-state index in [1.54, 1.807) is 11.3 Å². The SMILES string of the molecule is Cc1cc(C)c2sc(N3CCN(C(=O)Nc4ccccc4C)CC3)nc2c1. The number of rotatable bonds is 2. The van der Waals surface area contributed by atoms with Gasteiger partial charge in [-0.25, -0.2) is 9.78 Å². The number of nitrogens with zero attached hydrogens (tertiary/aromatic N) is 3. The lowest BCUT2D eigenvalue weighted by molar-refractivity contribution is 0.208. The average molecular weight is 381 g/mol. The van der Waals surface area contributed by atoms with E-state index in [1.807, 2.05) is 36.1 Å². The van der Waals surface area contributed by atoms with Gasteiger partial charge in [0.2, 0.25) is 0 Å². The molecular weight excluding hydrogens is 356 g/mol. The highest BCUT2D eigenvalue weighted by Crippen LogP contribution is 2.32. The number of para-hydroxylation sites is 1. The van der Waals surface area contributed by atoms with Gasteiger partial charge in [-0.1, -0.05) is 35.6 Å². The standard InChI is InChI=1S/C21H24N4OS/c1-14-12-16(3)19-18(13-14)23-21(27-19)25-10-8-24(9-11-25)20(26)22-17-7-5-4-6-15(17)2/h4-7,12-13H,8-11H2,1-3H3,(H,22,26). The molecule has 2 heterocycles. The Morgan fingerprint density at radius 1 is 1.04 bits per heavy atom. The van der Waals surface area contributed by atoms with E-state index in [-0.39, 0.29) is 6.03 Å². The molecule has 4 rings (SSSR count). The number of benzene rings is 2. The second-order valence-electron chi connectivity index (χ2n) is 7.15. The molecule has 0 aliphatic carbocycles. The van der Waals surface area contributed by atoms with E-state index in [0.29, 0.717) is 13.1 Å². The maximum Gasteiger partial charge on any atom is 0.321 e. The molecule has 6 heteroatoms. The summed E-state index contributed by atoms with van der Waals surface area (Å²) in [6.45, 7) is 9.27. The van der Waals surface area contributed by atoms with Crippen molar-refractivity contribution in [2.45, 2.75) is 20.8 Å². The minimum atomic E-state index is -0.0280. The summed E-state index contributed by atoms with van der Waals surface area (Å²) in [7, 11) is 0. The number of piperazine rings is 1. The van der Waals surface area contributed by atoms with Gasteiger partial charge in [-0.15, -0.1) is 0 Å². The van der Waals surface area contributed by atoms with E-state index >= 15 is 0 Å². The van der Waals surface area contributed by atoms with Gasteiger partial charge in [-0.2, -0.15) is 0 Å². The number of hydrogen-bond acceptors (Lipinski definition) is 4. The van der Waals surface area contributed by atoms with Crippen LogP contribution in [0.2, 0.25) is 0 Å². The number of aromatic nitrogens is 1. The van der Waals surface area contributed by atoms with Crippen molar-refractivity contribution < 1.29 is 4.79 Å². The van der Waals surface area contributed by atoms with Gasteiger partial charge in [0.1, 0.15) is 0 Å². The third-order valence-corrected chi connectivity index (χ3v) is 6.30. The fourth-order valence-electron chi connectivity index (χ4n) is 3.51. The number of carbonyl (C=O) groups excluding carboxylic acids is 1. The quantitative estimate of drug-likeness (QED) is 0.708. The number of nitrogens with one attached hydrogen (secondary N) is 1. The van der Waals surface area contributed by atoms with Crippen molar-refractivity contribution in [1.29, 1.82) is 0 Å². The third-order valence-electron chi connectivity index (χ3n) is 5.03. The van der Waals surface area contributed by atoms with Crippen LogP contribution in [0.5, 0.6) is 0 Å². The molecule has 2 amide bonds. The highest BCUT2D eigenvalue weighted by Gasteiger charge is 2.23. The van der Waals surface area contributed by atoms with Gasteiger partial charge in [-0.05, 0) is 49.6 Å². The number of aryl methyl sites for hydroxylation is 3. The molecule has 0 saturated carbocycles. The lowest BCUT2D eigenvalue weighted by atomic mass is 10.1. The first kappa shape index (κ1) is 17.8. The largest absolute Gasteiger partial charge is 0.345 e. The number of anilines is 2. The van der Waals surface area contributed by atoms with E-state index in [1.165, 1.54) is 15.8 Å². The predicted molar refractivity (Wildman–Crippen MR) is 113 cm³/mol. The molecule has 0 atom stereocenters. The van der Waals surface area contributed by atoms with E-state index in [9.17, 15) is 4.79 Å². The third kappa shape index (κ3) is 3.62. The topological polar surface area (TPSA) is 48.5 Å². The Balaban J connectivity index is 1.42. The predicted octanol–water partition coefficient (Wildman–Crippen LogP) is 4.58. The van der Waals surface area contributed by atoms with Gasteiger partial charge in [0.25, 0.3) is 0 Å². The minimum absolute atomic E-state index is 0.0280. The minimum Gasteiger partial charge on any atom is -0.345 e. The van der Waals surface area contributed by atoms with Crippen molar-refractivity contribution in [3.63, 3.8) is 0 Å². The molecule has 5 nitrogen and oxygen atoms in total. The van der Waals surface area contributed by atoms with Gasteiger partial charge in [0, 0.05) is 31.9 Å². The van der Waals surface area contributed by atoms with Crippen molar-refractivity contribution >= 4 is 38.4 Å². The van der Waals surface area contributed by atoms with Crippen LogP contribution in [0.3, 0.4) is 0 Å². The monoisotopic (exact) mass is 380 g/mol. The first-order chi connectivity index (χ1) is 13.0. The number of fused-ring (bicyclic) bond motifs is 1. The second-order valence-corrected chi connectivity index (χ2v) is 8.12. The number of carbonyl (C=O) groups is 1. The molecule has 0 bridgehead atoms. The van der Waals surface area contributed by atoms with Gasteiger partial charge in [0.05, 0.1) is 10.2 Å². The zero-order valence-corrected chi connectivity index (χ0v) is 16.8. The van der Waals surface area contributed by atoms with Crippen molar-refractivity contribution in [3.8, 4) is 0 Å². The molecule has 1 aromatic heterocycles. The molecule has 3 aromatic rings. The van der Waals surface area contributed by atoms with Crippen LogP contribution >= 0.6 is 11.3 Å². The first-order valence-electron chi connectivity index (χ1n) is 9.25. The highest BCUT2D eigenvalue weighted by molar-refractivity contribution is 7.22. The molecule has 27 heavy (non-hydrogen) atoms. The molecule has 0 spiro atoms. The summed E-state index contributed by atoms with van der Waals surface area (Å²) in [5.74, 6) is 0. The Hall–Kier alpha value is -2.60. The molecule has 0 unspecified atom stereocenters. The molecule has 140 valence electrons. The number of thiazole rings is 1. The van der Waals surface area contributed by atoms with E-state index in [2.05, 4.69) is 36.2 Å². The lowest BCUT2D eigenvalue weighted by Gasteiger charge is -2.34. The Kier molecular flexibility index (Phi) is 4.74. The summed E-state index contributed by atoms with van der Waals surface area (Å²) in [5.41, 5.74) is 5.55. The van der Waals surface area contributed by atoms with Gasteiger partial charge in [-0.3, -0.25) is 0 Å². The summed E-state index contributed by atoms with van der Waals surface area (Å²) in [6.07, 6.45) is 0. The van der Waals surface area contributed by atoms with E-state index < -0.39 is 0 Å². The smallest absolute Gasteiger partial charge is 0.321 e. The van der Waals surface area contributed by atoms with E-state index in [4.69, 9.17) is 4.98 Å². The van der Waals surface area contributed by atoms with Crippen LogP contribution < -0.4 is 10.2 Å². The van der Waals surface area contributed by atoms with Crippen LogP contribution in [0.25, 0.3) is 10.2 Å². The molecule has 0 radical (unpaired) electrons. The number of urea groups is 1. The molecular formula is C21H24N4OS. The summed E-state index contributed by atoms with van der Waals surface area (Å²) in [4.78, 5) is 21.6. The Bertz CT molecular complexity index is 989. The van der Waals surface area contributed by atoms with Crippen molar-refractivity contribution in [1.82, 2.24) is 9.88 Å². The van der Waals surface area contributed by atoms with Crippen LogP contribution in [-0.2, 0) is 0 Å². The maximum absolute atomic E-state index is 12.6. The Morgan fingerprint density at radius 3 is 2.52 bits per heavy atom. The maximum atomic E-state index is 12.6. The Morgan fingerprint density at radius 2 is 1.78 bits per heavy atom. The molecule has 1 aliphatic rings. The average Bonchev–Trinajstić information content (AvgIpc) is 3.08. The van der Waals surface area contributed by atoms with Gasteiger partial charge < -0.3 is 15.1 Å². The molecule has 1 aliphatic heterocycles. The summed E-state index contributed by atoms with van der Waals surface area (Å²) in [5, 5.41) is 4.08. The number of amides is 2. The first-order valence-corrected chi connectivity index (χ1v) is 10.1. The molecule has 2 aromatic carbocycles. The zero-order valence-electron chi connectivity index (χ0n) is 16.0. The summed E-state index contributed by atoms with van der Waals surface area (Å²) >= 11 is 1.75. The molecule has 1 saturated heterocycles. The Labute approximate surface area is 163 Å². The molecule has 1 N–H and O–H groups in total. The lowest BCUT2D eigenvalue weighted by Crippen LogP contribution is -2.50. The van der Waals surface area contributed by atoms with Crippen molar-refractivity contribution in [2.24, 2.45) is 0 Å². The fraction of sp³-hybridized carbons (Fsp3) is 0.333. The fourth-order valence-corrected chi connectivity index (χ4v) is 4.58. The van der Waals surface area contributed by atoms with Gasteiger partial charge >= 0.3 is 6.03 Å². The van der Waals surface area contributed by atoms with Gasteiger partial charge in [0.15, 0.2) is 5.13 Å². The number of hydrogen-bond donors (Lipinski definition) is 1. The van der Waals surface area contributed by atoms with Crippen LogP contribution in [0.1, 0.15) is 16.7 Å². The van der Waals surface area contributed by atoms with Crippen LogP contribution in [0.15, 0.2) is 36.4 Å². The van der Waals surface area contributed by atoms with Crippen LogP contribution in [-0.4, -0.2) is 42.1 Å². The summed E-state index contributed by atoms with van der Waals surface area (Å²) in [6, 6.07) is 12.2. The van der Waals surface area contributed by atoms with Crippen LogP contribution in [0.4, 0.5) is 15.6 Å². The summed E-state index contributed by atoms with van der Waals surface area (Å²) < 4.78 is 1.26. The normalized spacial score (nSPS) is 14.6. The molecule has 1 fully saturated rings. The zero-order chi connectivity index (χ0) is 19.0. The van der Waals surface area contributed by atoms with E-state index in [0.717, 1.165) is 35.0 Å². The second kappa shape index (κ2) is 7.19. The van der Waals surface area contributed by atoms with Crippen LogP contribution in [0, 0.1) is 20.8 Å².